The van der Waals surface area contributed by atoms with Gasteiger partial charge in [0.2, 0.25) is 5.91 Å². The Balaban J connectivity index is 1.18. The van der Waals surface area contributed by atoms with E-state index < -0.39 is 43.4 Å². The number of benzene rings is 2. The highest BCUT2D eigenvalue weighted by molar-refractivity contribution is 6.58. The Bertz CT molecular complexity index is 1920. The Morgan fingerprint density at radius 1 is 1.00 bits per heavy atom. The van der Waals surface area contributed by atoms with Crippen molar-refractivity contribution in [3.8, 4) is 0 Å². The van der Waals surface area contributed by atoms with E-state index >= 15 is 8.63 Å². The number of hydroxylamine groups is 1. The van der Waals surface area contributed by atoms with Gasteiger partial charge in [0, 0.05) is 41.3 Å². The highest BCUT2D eigenvalue weighted by Crippen LogP contribution is 2.43. The van der Waals surface area contributed by atoms with E-state index in [-0.39, 0.29) is 18.6 Å². The molecule has 0 saturated carbocycles. The minimum Gasteiger partial charge on any atom is -0.450 e. The molecule has 0 aliphatic carbocycles. The minimum absolute atomic E-state index is 0.0462. The van der Waals surface area contributed by atoms with Crippen LogP contribution in [-0.2, 0) is 25.6 Å². The summed E-state index contributed by atoms with van der Waals surface area (Å²) in [5, 5.41) is 5.41. The van der Waals surface area contributed by atoms with Crippen molar-refractivity contribution in [1.29, 1.82) is 0 Å². The SMILES string of the molecule is CC1=CC(C)=[N+]2C1=C(CCCOC(=O)N[C@H](Cc1ccccc1)C(=O)NCC(=O)NOC(=O)c1ccc(Cl)cc1)c1c(C)cc(C)n1[B-]2(F)F. The fourth-order valence-electron chi connectivity index (χ4n) is 6.40. The molecule has 0 fully saturated rings. The quantitative estimate of drug-likeness (QED) is 0.142. The zero-order valence-electron chi connectivity index (χ0n) is 28.0. The van der Waals surface area contributed by atoms with Crippen LogP contribution in [0.3, 0.4) is 0 Å². The van der Waals surface area contributed by atoms with E-state index in [1.165, 1.54) is 24.3 Å². The van der Waals surface area contributed by atoms with Crippen molar-refractivity contribution < 1.29 is 41.9 Å². The van der Waals surface area contributed by atoms with Crippen molar-refractivity contribution >= 4 is 53.7 Å². The van der Waals surface area contributed by atoms with E-state index in [2.05, 4.69) is 10.6 Å². The average molecular weight is 708 g/mol. The number of aromatic nitrogens is 1. The molecule has 1 aromatic heterocycles. The first-order valence-corrected chi connectivity index (χ1v) is 16.4. The van der Waals surface area contributed by atoms with E-state index in [0.717, 1.165) is 31.2 Å². The summed E-state index contributed by atoms with van der Waals surface area (Å²) in [6.45, 7) is 2.28. The number of nitrogens with one attached hydrogen (secondary N) is 3. The number of alkyl carbamates (subject to hydrolysis) is 1. The van der Waals surface area contributed by atoms with Gasteiger partial charge in [-0.15, -0.1) is 0 Å². The third-order valence-electron chi connectivity index (χ3n) is 8.49. The molecule has 0 unspecified atom stereocenters. The van der Waals surface area contributed by atoms with Crippen molar-refractivity contribution in [1.82, 2.24) is 20.6 Å². The van der Waals surface area contributed by atoms with Crippen LogP contribution < -0.4 is 16.1 Å². The van der Waals surface area contributed by atoms with Gasteiger partial charge in [-0.25, -0.2) is 9.59 Å². The van der Waals surface area contributed by atoms with E-state index in [9.17, 15) is 19.2 Å². The van der Waals surface area contributed by atoms with E-state index in [0.29, 0.717) is 40.7 Å². The molecule has 2 aliphatic rings. The van der Waals surface area contributed by atoms with Gasteiger partial charge in [-0.2, -0.15) is 5.48 Å². The molecule has 3 heterocycles. The van der Waals surface area contributed by atoms with Gasteiger partial charge in [0.15, 0.2) is 5.70 Å². The first-order valence-electron chi connectivity index (χ1n) is 16.0. The summed E-state index contributed by atoms with van der Waals surface area (Å²) in [6.07, 6.45) is 1.67. The lowest BCUT2D eigenvalue weighted by atomic mass is 9.85. The summed E-state index contributed by atoms with van der Waals surface area (Å²) in [7, 11) is 0. The molecule has 0 saturated heterocycles. The van der Waals surface area contributed by atoms with Crippen LogP contribution in [0.2, 0.25) is 5.02 Å². The third-order valence-corrected chi connectivity index (χ3v) is 8.74. The van der Waals surface area contributed by atoms with Crippen LogP contribution >= 0.6 is 11.6 Å². The Kier molecular flexibility index (Phi) is 10.9. The fraction of sp³-hybridized carbons (Fsp3) is 0.286. The number of carbonyl (C=O) groups excluding carboxylic acids is 4. The lowest BCUT2D eigenvalue weighted by Crippen LogP contribution is -2.51. The van der Waals surface area contributed by atoms with Crippen molar-refractivity contribution in [2.75, 3.05) is 13.2 Å². The van der Waals surface area contributed by atoms with Crippen molar-refractivity contribution in [2.24, 2.45) is 0 Å². The summed E-state index contributed by atoms with van der Waals surface area (Å²) < 4.78 is 39.3. The Hall–Kier alpha value is -5.24. The maximum Gasteiger partial charge on any atom is 0.737 e. The van der Waals surface area contributed by atoms with Gasteiger partial charge in [0.05, 0.1) is 18.7 Å². The van der Waals surface area contributed by atoms with Crippen LogP contribution in [0.1, 0.15) is 59.6 Å². The molecule has 2 aliphatic heterocycles. The molecule has 2 aromatic carbocycles. The smallest absolute Gasteiger partial charge is 0.450 e. The zero-order chi connectivity index (χ0) is 36.2. The second-order valence-corrected chi connectivity index (χ2v) is 12.6. The van der Waals surface area contributed by atoms with Crippen LogP contribution in [-0.4, -0.2) is 64.7 Å². The van der Waals surface area contributed by atoms with Crippen LogP contribution in [0.4, 0.5) is 13.4 Å². The lowest BCUT2D eigenvalue weighted by molar-refractivity contribution is -0.363. The van der Waals surface area contributed by atoms with Gasteiger partial charge in [0.1, 0.15) is 11.8 Å². The number of carbonyl (C=O) groups is 4. The molecular weight excluding hydrogens is 671 g/mol. The molecule has 1 atom stereocenters. The van der Waals surface area contributed by atoms with Crippen LogP contribution in [0.25, 0.3) is 5.57 Å². The number of amides is 3. The number of rotatable bonds is 11. The van der Waals surface area contributed by atoms with E-state index in [4.69, 9.17) is 21.2 Å². The molecule has 3 aromatic rings. The first-order chi connectivity index (χ1) is 23.8. The third kappa shape index (κ3) is 7.80. The standard InChI is InChI=1S/C35H37BClF2N5O6/c1-21-17-23(3)43-31(21)28(32-22(2)18-24(4)44(32)36(43,38)39)11-8-16-49-35(48)41-29(19-25-9-6-5-7-10-25)33(46)40-20-30(45)42-50-34(47)26-12-14-27(37)15-13-26/h5-7,9-10,12-15,17-18,29H,8,11,16,19-20H2,1-4H3,(H,40,46)(H,41,48)(H,42,45)/t29-/m1/s1. The highest BCUT2D eigenvalue weighted by Gasteiger charge is 2.54. The monoisotopic (exact) mass is 707 g/mol. The summed E-state index contributed by atoms with van der Waals surface area (Å²) in [5.41, 5.74) is 6.99. The molecule has 11 nitrogen and oxygen atoms in total. The number of hydrogen-bond acceptors (Lipinski definition) is 6. The molecule has 0 radical (unpaired) electrons. The zero-order valence-corrected chi connectivity index (χ0v) is 28.8. The number of allylic oxidation sites excluding steroid dienone is 3. The van der Waals surface area contributed by atoms with Gasteiger partial charge in [-0.05, 0) is 80.8 Å². The molecule has 15 heteroatoms. The highest BCUT2D eigenvalue weighted by atomic mass is 35.5. The van der Waals surface area contributed by atoms with Gasteiger partial charge in [0.25, 0.3) is 5.91 Å². The molecular formula is C35H37BClF2N5O6. The predicted octanol–water partition coefficient (Wildman–Crippen LogP) is 5.26. The second kappa shape index (κ2) is 15.1. The van der Waals surface area contributed by atoms with Gasteiger partial charge in [-0.3, -0.25) is 9.59 Å². The normalized spacial score (nSPS) is 15.1. The Morgan fingerprint density at radius 2 is 1.70 bits per heavy atom. The Labute approximate surface area is 293 Å². The van der Waals surface area contributed by atoms with Crippen LogP contribution in [0.15, 0.2) is 78.0 Å². The molecule has 262 valence electrons. The number of ether oxygens (including phenoxy) is 1. The summed E-state index contributed by atoms with van der Waals surface area (Å²) in [6, 6.07) is 15.4. The van der Waals surface area contributed by atoms with Crippen molar-refractivity contribution in [3.05, 3.63) is 111 Å². The van der Waals surface area contributed by atoms with Crippen LogP contribution in [0, 0.1) is 13.8 Å². The average Bonchev–Trinajstić information content (AvgIpc) is 3.56. The maximum absolute atomic E-state index is 15.8. The predicted molar refractivity (Wildman–Crippen MR) is 185 cm³/mol. The number of halogens is 3. The van der Waals surface area contributed by atoms with Gasteiger partial charge < -0.3 is 37.8 Å². The fourth-order valence-corrected chi connectivity index (χ4v) is 6.52. The molecule has 5 rings (SSSR count). The summed E-state index contributed by atoms with van der Waals surface area (Å²) in [4.78, 5) is 55.2. The van der Waals surface area contributed by atoms with E-state index in [1.807, 2.05) is 25.4 Å². The number of aryl methyl sites for hydroxylation is 2. The van der Waals surface area contributed by atoms with Gasteiger partial charge in [-0.1, -0.05) is 41.9 Å². The summed E-state index contributed by atoms with van der Waals surface area (Å²) >= 11 is 5.81. The number of fused-ring (bicyclic) bond motifs is 2. The molecule has 3 N–H and O–H groups in total. The van der Waals surface area contributed by atoms with Crippen LogP contribution in [0.5, 0.6) is 0 Å². The molecule has 50 heavy (non-hydrogen) atoms. The molecule has 3 amide bonds. The molecule has 0 bridgehead atoms. The second-order valence-electron chi connectivity index (χ2n) is 12.2. The number of hydrogen-bond donors (Lipinski definition) is 3. The van der Waals surface area contributed by atoms with E-state index in [1.54, 1.807) is 50.3 Å². The first kappa shape index (κ1) is 36.1. The molecule has 0 spiro atoms. The maximum atomic E-state index is 15.8. The van der Waals surface area contributed by atoms with Crippen molar-refractivity contribution in [3.63, 3.8) is 0 Å². The van der Waals surface area contributed by atoms with Gasteiger partial charge >= 0.3 is 19.0 Å². The lowest BCUT2D eigenvalue weighted by Gasteiger charge is -2.34. The topological polar surface area (TPSA) is 131 Å². The summed E-state index contributed by atoms with van der Waals surface area (Å²) in [5.74, 6) is -2.32. The number of nitrogens with zero attached hydrogens (tertiary/aromatic N) is 2. The Morgan fingerprint density at radius 3 is 2.40 bits per heavy atom. The largest absolute Gasteiger partial charge is 0.737 e. The van der Waals surface area contributed by atoms with Crippen molar-refractivity contribution in [2.45, 2.75) is 53.0 Å². The minimum atomic E-state index is -4.08.